The summed E-state index contributed by atoms with van der Waals surface area (Å²) in [4.78, 5) is 21.6. The van der Waals surface area contributed by atoms with Gasteiger partial charge >= 0.3 is 0 Å². The summed E-state index contributed by atoms with van der Waals surface area (Å²) in [5.74, 6) is 0.450. The maximum Gasteiger partial charge on any atom is 0.193 e. The van der Waals surface area contributed by atoms with Crippen molar-refractivity contribution in [2.24, 2.45) is 0 Å². The number of aldehydes is 1. The van der Waals surface area contributed by atoms with E-state index < -0.39 is 0 Å². The first-order valence-electron chi connectivity index (χ1n) is 6.45. The molecular weight excluding hydrogens is 264 g/mol. The highest BCUT2D eigenvalue weighted by atomic mass is 16.3. The zero-order valence-corrected chi connectivity index (χ0v) is 11.3. The molecule has 104 valence electrons. The number of benzene rings is 2. The van der Waals surface area contributed by atoms with Crippen molar-refractivity contribution in [2.75, 3.05) is 0 Å². The minimum atomic E-state index is 0.0752. The summed E-state index contributed by atoms with van der Waals surface area (Å²) in [6, 6.07) is 21.9. The molecule has 0 bridgehead atoms. The molecular formula is C18H14O3. The van der Waals surface area contributed by atoms with Gasteiger partial charge in [0.05, 0.1) is 6.26 Å². The van der Waals surface area contributed by atoms with Crippen molar-refractivity contribution in [3.8, 4) is 0 Å². The van der Waals surface area contributed by atoms with E-state index in [0.29, 0.717) is 12.0 Å². The normalized spacial score (nSPS) is 9.33. The van der Waals surface area contributed by atoms with Crippen molar-refractivity contribution in [3.63, 3.8) is 0 Å². The molecule has 3 nitrogen and oxygen atoms in total. The van der Waals surface area contributed by atoms with E-state index >= 15 is 0 Å². The fraction of sp³-hybridized carbons (Fsp3) is 0. The van der Waals surface area contributed by atoms with Crippen LogP contribution in [-0.2, 0) is 0 Å². The van der Waals surface area contributed by atoms with Gasteiger partial charge in [0, 0.05) is 11.1 Å². The smallest absolute Gasteiger partial charge is 0.193 e. The summed E-state index contributed by atoms with van der Waals surface area (Å²) in [5, 5.41) is 0. The van der Waals surface area contributed by atoms with E-state index in [0.717, 1.165) is 11.1 Å². The quantitative estimate of drug-likeness (QED) is 0.537. The van der Waals surface area contributed by atoms with Crippen LogP contribution in [0, 0.1) is 0 Å². The molecule has 0 aliphatic rings. The van der Waals surface area contributed by atoms with Crippen molar-refractivity contribution >= 4 is 12.1 Å². The Kier molecular flexibility index (Phi) is 5.24. The predicted octanol–water partition coefficient (Wildman–Crippen LogP) is 4.01. The second-order valence-electron chi connectivity index (χ2n) is 4.19. The molecule has 0 fully saturated rings. The van der Waals surface area contributed by atoms with Gasteiger partial charge in [0.1, 0.15) is 0 Å². The van der Waals surface area contributed by atoms with Crippen LogP contribution < -0.4 is 0 Å². The second kappa shape index (κ2) is 7.60. The van der Waals surface area contributed by atoms with Crippen molar-refractivity contribution in [3.05, 3.63) is 95.9 Å². The molecule has 0 atom stereocenters. The molecule has 0 saturated heterocycles. The van der Waals surface area contributed by atoms with E-state index in [2.05, 4.69) is 4.42 Å². The van der Waals surface area contributed by atoms with Crippen LogP contribution in [0.25, 0.3) is 0 Å². The molecule has 21 heavy (non-hydrogen) atoms. The van der Waals surface area contributed by atoms with Crippen LogP contribution in [-0.4, -0.2) is 12.1 Å². The Balaban J connectivity index is 0.000000194. The van der Waals surface area contributed by atoms with Gasteiger partial charge < -0.3 is 4.42 Å². The molecule has 0 unspecified atom stereocenters. The first-order chi connectivity index (χ1) is 10.3. The molecule has 3 rings (SSSR count). The summed E-state index contributed by atoms with van der Waals surface area (Å²) in [5.41, 5.74) is 1.47. The second-order valence-corrected chi connectivity index (χ2v) is 4.19. The largest absolute Gasteiger partial charge is 0.462 e. The van der Waals surface area contributed by atoms with Gasteiger partial charge in [0.25, 0.3) is 0 Å². The zero-order chi connectivity index (χ0) is 14.9. The molecule has 0 amide bonds. The van der Waals surface area contributed by atoms with Crippen molar-refractivity contribution in [1.29, 1.82) is 0 Å². The van der Waals surface area contributed by atoms with Crippen LogP contribution in [0.3, 0.4) is 0 Å². The summed E-state index contributed by atoms with van der Waals surface area (Å²) in [6.07, 6.45) is 2.13. The van der Waals surface area contributed by atoms with Gasteiger partial charge in [-0.15, -0.1) is 0 Å². The average Bonchev–Trinajstić information content (AvgIpc) is 3.10. The van der Waals surface area contributed by atoms with Crippen LogP contribution in [0.2, 0.25) is 0 Å². The Labute approximate surface area is 122 Å². The van der Waals surface area contributed by atoms with Gasteiger partial charge in [0.2, 0.25) is 0 Å². The van der Waals surface area contributed by atoms with Crippen LogP contribution in [0.15, 0.2) is 83.5 Å². The molecule has 0 aliphatic carbocycles. The highest BCUT2D eigenvalue weighted by molar-refractivity contribution is 6.08. The van der Waals surface area contributed by atoms with E-state index in [1.54, 1.807) is 12.1 Å². The predicted molar refractivity (Wildman–Crippen MR) is 80.4 cm³/mol. The van der Waals surface area contributed by atoms with E-state index in [1.165, 1.54) is 6.26 Å². The first kappa shape index (κ1) is 14.5. The van der Waals surface area contributed by atoms with E-state index in [1.807, 2.05) is 60.7 Å². The van der Waals surface area contributed by atoms with Crippen LogP contribution >= 0.6 is 0 Å². The standard InChI is InChI=1S/C13H10O.C5H4O2/c14-13(11-7-3-1-4-8-11)12-9-5-2-6-10-12;6-4-5-2-1-3-7-5/h1-10H;1-4H. The fourth-order valence-corrected chi connectivity index (χ4v) is 1.70. The monoisotopic (exact) mass is 278 g/mol. The number of ketones is 1. The lowest BCUT2D eigenvalue weighted by Gasteiger charge is -1.99. The van der Waals surface area contributed by atoms with Gasteiger partial charge in [-0.05, 0) is 12.1 Å². The van der Waals surface area contributed by atoms with E-state index in [9.17, 15) is 9.59 Å². The summed E-state index contributed by atoms with van der Waals surface area (Å²) in [6.45, 7) is 0. The van der Waals surface area contributed by atoms with Gasteiger partial charge in [-0.3, -0.25) is 9.59 Å². The Hall–Kier alpha value is -2.94. The van der Waals surface area contributed by atoms with Crippen LogP contribution in [0.5, 0.6) is 0 Å². The number of hydrogen-bond acceptors (Lipinski definition) is 3. The van der Waals surface area contributed by atoms with Gasteiger partial charge in [0.15, 0.2) is 17.8 Å². The molecule has 0 aliphatic heterocycles. The van der Waals surface area contributed by atoms with Gasteiger partial charge in [-0.1, -0.05) is 60.7 Å². The average molecular weight is 278 g/mol. The lowest BCUT2D eigenvalue weighted by molar-refractivity contribution is 0.103. The summed E-state index contributed by atoms with van der Waals surface area (Å²) in [7, 11) is 0. The highest BCUT2D eigenvalue weighted by Gasteiger charge is 2.06. The van der Waals surface area contributed by atoms with Crippen LogP contribution in [0.4, 0.5) is 0 Å². The minimum absolute atomic E-state index is 0.0752. The Morgan fingerprint density at radius 2 is 1.29 bits per heavy atom. The third-order valence-corrected chi connectivity index (χ3v) is 2.73. The molecule has 1 aromatic heterocycles. The molecule has 2 aromatic carbocycles. The van der Waals surface area contributed by atoms with Crippen molar-refractivity contribution in [1.82, 2.24) is 0 Å². The zero-order valence-electron chi connectivity index (χ0n) is 11.3. The minimum Gasteiger partial charge on any atom is -0.462 e. The van der Waals surface area contributed by atoms with Gasteiger partial charge in [-0.2, -0.15) is 0 Å². The first-order valence-corrected chi connectivity index (χ1v) is 6.45. The SMILES string of the molecule is O=C(c1ccccc1)c1ccccc1.O=Cc1ccco1. The lowest BCUT2D eigenvalue weighted by Crippen LogP contribution is -1.99. The Morgan fingerprint density at radius 1 is 0.762 bits per heavy atom. The number of furan rings is 1. The number of rotatable bonds is 3. The third-order valence-electron chi connectivity index (χ3n) is 2.73. The van der Waals surface area contributed by atoms with Crippen molar-refractivity contribution in [2.45, 2.75) is 0 Å². The maximum absolute atomic E-state index is 11.8. The molecule has 0 N–H and O–H groups in total. The molecule has 0 spiro atoms. The molecule has 3 heteroatoms. The van der Waals surface area contributed by atoms with E-state index in [4.69, 9.17) is 0 Å². The summed E-state index contributed by atoms with van der Waals surface area (Å²) < 4.78 is 4.61. The highest BCUT2D eigenvalue weighted by Crippen LogP contribution is 2.08. The molecule has 0 saturated carbocycles. The lowest BCUT2D eigenvalue weighted by atomic mass is 10.0. The van der Waals surface area contributed by atoms with Crippen molar-refractivity contribution < 1.29 is 14.0 Å². The third kappa shape index (κ3) is 4.28. The summed E-state index contributed by atoms with van der Waals surface area (Å²) >= 11 is 0. The number of carbonyl (C=O) groups excluding carboxylic acids is 2. The Morgan fingerprint density at radius 3 is 1.62 bits per heavy atom. The fourth-order valence-electron chi connectivity index (χ4n) is 1.70. The van der Waals surface area contributed by atoms with E-state index in [-0.39, 0.29) is 5.78 Å². The molecule has 3 aromatic rings. The number of hydrogen-bond donors (Lipinski definition) is 0. The molecule has 0 radical (unpaired) electrons. The maximum atomic E-state index is 11.8. The van der Waals surface area contributed by atoms with Gasteiger partial charge in [-0.25, -0.2) is 0 Å². The Bertz CT molecular complexity index is 630. The molecule has 1 heterocycles. The van der Waals surface area contributed by atoms with Crippen LogP contribution in [0.1, 0.15) is 26.5 Å². The topological polar surface area (TPSA) is 47.3 Å². The number of carbonyl (C=O) groups is 2.